The van der Waals surface area contributed by atoms with Crippen molar-refractivity contribution in [1.82, 2.24) is 0 Å². The Balaban J connectivity index is 4.76. The molecule has 4 N–H and O–H groups in total. The van der Waals surface area contributed by atoms with E-state index in [0.29, 0.717) is 0 Å². The molecule has 0 saturated carbocycles. The molecule has 0 aromatic rings. The quantitative estimate of drug-likeness (QED) is 0.621. The second-order valence-corrected chi connectivity index (χ2v) is 4.05. The average Bonchev–Trinajstić information content (AvgIpc) is 2.01. The number of carbonyl (C=O) groups is 2. The Morgan fingerprint density at radius 2 is 1.07 bits per heavy atom. The van der Waals surface area contributed by atoms with Crippen molar-refractivity contribution in [2.24, 2.45) is 21.7 Å². The first-order valence-electron chi connectivity index (χ1n) is 4.13. The summed E-state index contributed by atoms with van der Waals surface area (Å²) in [4.78, 5) is 21.7. The van der Waals surface area contributed by atoms with E-state index in [2.05, 4.69) is 10.2 Å². The number of carbonyl (C=O) groups excluding carboxylic acids is 2. The molecule has 6 nitrogen and oxygen atoms in total. The van der Waals surface area contributed by atoms with Gasteiger partial charge in [-0.05, 0) is 27.7 Å². The van der Waals surface area contributed by atoms with Gasteiger partial charge in [-0.25, -0.2) is 0 Å². The van der Waals surface area contributed by atoms with E-state index in [1.165, 1.54) is 27.7 Å². The summed E-state index contributed by atoms with van der Waals surface area (Å²) >= 11 is 0. The first kappa shape index (κ1) is 12.5. The Kier molecular flexibility index (Phi) is 3.34. The minimum atomic E-state index is -1.12. The molecule has 0 heterocycles. The van der Waals surface area contributed by atoms with Gasteiger partial charge in [0.2, 0.25) is 11.8 Å². The van der Waals surface area contributed by atoms with Gasteiger partial charge in [0.15, 0.2) is 11.1 Å². The average molecular weight is 200 g/mol. The molecular weight excluding hydrogens is 184 g/mol. The maximum atomic E-state index is 10.9. The lowest BCUT2D eigenvalue weighted by Crippen LogP contribution is -2.39. The zero-order valence-electron chi connectivity index (χ0n) is 8.87. The van der Waals surface area contributed by atoms with Crippen molar-refractivity contribution in [2.75, 3.05) is 0 Å². The molecule has 80 valence electrons. The van der Waals surface area contributed by atoms with Gasteiger partial charge in [-0.3, -0.25) is 9.59 Å². The smallest absolute Gasteiger partial charge is 0.246 e. The summed E-state index contributed by atoms with van der Waals surface area (Å²) in [5, 5.41) is 7.40. The zero-order chi connectivity index (χ0) is 11.6. The van der Waals surface area contributed by atoms with E-state index >= 15 is 0 Å². The fraction of sp³-hybridized carbons (Fsp3) is 0.750. The summed E-state index contributed by atoms with van der Waals surface area (Å²) in [7, 11) is 0. The van der Waals surface area contributed by atoms with Crippen molar-refractivity contribution < 1.29 is 9.59 Å². The summed E-state index contributed by atoms with van der Waals surface area (Å²) in [6.07, 6.45) is 0. The van der Waals surface area contributed by atoms with Gasteiger partial charge in [0, 0.05) is 0 Å². The van der Waals surface area contributed by atoms with Gasteiger partial charge in [-0.15, -0.1) is 0 Å². The molecule has 0 aromatic carbocycles. The minimum absolute atomic E-state index is 0.610. The number of hydrogen-bond donors (Lipinski definition) is 2. The van der Waals surface area contributed by atoms with E-state index in [-0.39, 0.29) is 0 Å². The minimum Gasteiger partial charge on any atom is -0.368 e. The maximum Gasteiger partial charge on any atom is 0.246 e. The number of hydrogen-bond acceptors (Lipinski definition) is 4. The van der Waals surface area contributed by atoms with E-state index in [4.69, 9.17) is 11.5 Å². The molecule has 0 fully saturated rings. The van der Waals surface area contributed by atoms with Gasteiger partial charge in [-0.2, -0.15) is 10.2 Å². The van der Waals surface area contributed by atoms with Crippen LogP contribution >= 0.6 is 0 Å². The van der Waals surface area contributed by atoms with Crippen LogP contribution in [0.1, 0.15) is 27.7 Å². The zero-order valence-corrected chi connectivity index (χ0v) is 8.87. The van der Waals surface area contributed by atoms with Crippen molar-refractivity contribution in [1.29, 1.82) is 0 Å². The summed E-state index contributed by atoms with van der Waals surface area (Å²) in [5.41, 5.74) is 7.90. The lowest BCUT2D eigenvalue weighted by molar-refractivity contribution is -0.124. The van der Waals surface area contributed by atoms with E-state index in [1.807, 2.05) is 0 Å². The fourth-order valence-corrected chi connectivity index (χ4v) is 0.349. The molecule has 0 aliphatic rings. The monoisotopic (exact) mass is 200 g/mol. The normalized spacial score (nSPS) is 13.1. The van der Waals surface area contributed by atoms with Crippen LogP contribution < -0.4 is 11.5 Å². The number of amides is 2. The van der Waals surface area contributed by atoms with Crippen LogP contribution in [-0.4, -0.2) is 22.9 Å². The van der Waals surface area contributed by atoms with Crippen molar-refractivity contribution in [3.8, 4) is 0 Å². The molecule has 0 rings (SSSR count). The van der Waals surface area contributed by atoms with Crippen molar-refractivity contribution in [3.05, 3.63) is 0 Å². The Hall–Kier alpha value is -1.46. The lowest BCUT2D eigenvalue weighted by atomic mass is 10.1. The highest BCUT2D eigenvalue weighted by Crippen LogP contribution is 2.14. The third-order valence-electron chi connectivity index (χ3n) is 1.76. The van der Waals surface area contributed by atoms with E-state index in [0.717, 1.165) is 0 Å². The van der Waals surface area contributed by atoms with Gasteiger partial charge in [0.05, 0.1) is 0 Å². The molecule has 14 heavy (non-hydrogen) atoms. The van der Waals surface area contributed by atoms with Gasteiger partial charge in [0.25, 0.3) is 0 Å². The molecule has 0 radical (unpaired) electrons. The highest BCUT2D eigenvalue weighted by Gasteiger charge is 2.29. The van der Waals surface area contributed by atoms with Crippen LogP contribution in [0.5, 0.6) is 0 Å². The molecule has 0 aromatic heterocycles. The van der Waals surface area contributed by atoms with E-state index < -0.39 is 22.9 Å². The third-order valence-corrected chi connectivity index (χ3v) is 1.76. The Morgan fingerprint density at radius 3 is 1.21 bits per heavy atom. The van der Waals surface area contributed by atoms with Crippen LogP contribution in [0.3, 0.4) is 0 Å². The number of nitrogens with two attached hydrogens (primary N) is 2. The highest BCUT2D eigenvalue weighted by molar-refractivity contribution is 5.84. The first-order chi connectivity index (χ1) is 6.09. The van der Waals surface area contributed by atoms with Gasteiger partial charge in [0.1, 0.15) is 0 Å². The Bertz CT molecular complexity index is 253. The number of primary amides is 2. The predicted octanol–water partition coefficient (Wildman–Crippen LogP) is -0.0336. The van der Waals surface area contributed by atoms with Crippen LogP contribution in [0.2, 0.25) is 0 Å². The molecule has 0 saturated heterocycles. The first-order valence-corrected chi connectivity index (χ1v) is 4.13. The van der Waals surface area contributed by atoms with Crippen molar-refractivity contribution in [2.45, 2.75) is 38.8 Å². The molecule has 0 atom stereocenters. The lowest BCUT2D eigenvalue weighted by Gasteiger charge is -2.17. The molecule has 2 amide bonds. The number of nitrogens with zero attached hydrogens (tertiary/aromatic N) is 2. The van der Waals surface area contributed by atoms with Gasteiger partial charge < -0.3 is 11.5 Å². The summed E-state index contributed by atoms with van der Waals surface area (Å²) < 4.78 is 0. The molecule has 6 heteroatoms. The van der Waals surface area contributed by atoms with Crippen LogP contribution in [0, 0.1) is 0 Å². The molecule has 0 bridgehead atoms. The van der Waals surface area contributed by atoms with Crippen LogP contribution in [0.25, 0.3) is 0 Å². The second kappa shape index (κ2) is 3.73. The van der Waals surface area contributed by atoms with Crippen LogP contribution in [0.4, 0.5) is 0 Å². The Labute approximate surface area is 82.7 Å². The molecule has 0 aliphatic carbocycles. The second-order valence-electron chi connectivity index (χ2n) is 4.05. The fourth-order valence-electron chi connectivity index (χ4n) is 0.349. The largest absolute Gasteiger partial charge is 0.368 e. The molecule has 0 spiro atoms. The van der Waals surface area contributed by atoms with Gasteiger partial charge >= 0.3 is 0 Å². The number of rotatable bonds is 4. The molecular formula is C8H16N4O2. The standard InChI is InChI=1S/C8H16N4O2/c1-7(2,5(9)13)11-12-8(3,4)6(10)14/h1-4H3,(H2,9,13)(H2,10,14)/b12-11+. The predicted molar refractivity (Wildman–Crippen MR) is 51.4 cm³/mol. The highest BCUT2D eigenvalue weighted by atomic mass is 16.2. The van der Waals surface area contributed by atoms with Crippen LogP contribution in [0.15, 0.2) is 10.2 Å². The van der Waals surface area contributed by atoms with Crippen molar-refractivity contribution in [3.63, 3.8) is 0 Å². The Morgan fingerprint density at radius 1 is 0.857 bits per heavy atom. The molecule has 0 aliphatic heterocycles. The maximum absolute atomic E-state index is 10.9. The summed E-state index contributed by atoms with van der Waals surface area (Å²) in [6.45, 7) is 6.04. The van der Waals surface area contributed by atoms with Crippen molar-refractivity contribution >= 4 is 11.8 Å². The topological polar surface area (TPSA) is 111 Å². The van der Waals surface area contributed by atoms with E-state index in [1.54, 1.807) is 0 Å². The number of azo groups is 1. The van der Waals surface area contributed by atoms with Crippen LogP contribution in [-0.2, 0) is 9.59 Å². The van der Waals surface area contributed by atoms with E-state index in [9.17, 15) is 9.59 Å². The summed E-state index contributed by atoms with van der Waals surface area (Å²) in [5.74, 6) is -1.22. The summed E-state index contributed by atoms with van der Waals surface area (Å²) in [6, 6.07) is 0. The SMILES string of the molecule is CC(C)(/N=N/C(C)(C)C(N)=O)C(N)=O. The van der Waals surface area contributed by atoms with Gasteiger partial charge in [-0.1, -0.05) is 0 Å². The molecule has 0 unspecified atom stereocenters. The third kappa shape index (κ3) is 3.12.